The molecule has 128 valence electrons. The number of hydrogen-bond acceptors (Lipinski definition) is 2. The highest BCUT2D eigenvalue weighted by atomic mass is 19.1. The molecule has 4 nitrogen and oxygen atoms in total. The SMILES string of the molecule is CCOc1cccc(CNC(=NC)NCCc2ccccc2F)c1. The number of nitrogens with one attached hydrogen (secondary N) is 2. The Balaban J connectivity index is 1.80. The van der Waals surface area contributed by atoms with Crippen molar-refractivity contribution >= 4 is 5.96 Å². The minimum Gasteiger partial charge on any atom is -0.494 e. The lowest BCUT2D eigenvalue weighted by Gasteiger charge is -2.13. The van der Waals surface area contributed by atoms with E-state index >= 15 is 0 Å². The van der Waals surface area contributed by atoms with Crippen LogP contribution in [0.5, 0.6) is 5.75 Å². The number of benzene rings is 2. The zero-order valence-electron chi connectivity index (χ0n) is 14.2. The molecule has 24 heavy (non-hydrogen) atoms. The Hall–Kier alpha value is -2.56. The molecule has 0 bridgehead atoms. The molecule has 0 aliphatic heterocycles. The third-order valence-corrected chi connectivity index (χ3v) is 3.54. The van der Waals surface area contributed by atoms with E-state index in [2.05, 4.69) is 15.6 Å². The largest absolute Gasteiger partial charge is 0.494 e. The molecule has 0 fully saturated rings. The summed E-state index contributed by atoms with van der Waals surface area (Å²) >= 11 is 0. The molecule has 0 radical (unpaired) electrons. The van der Waals surface area contributed by atoms with Gasteiger partial charge in [-0.2, -0.15) is 0 Å². The lowest BCUT2D eigenvalue weighted by molar-refractivity contribution is 0.340. The minimum atomic E-state index is -0.171. The molecular formula is C19H24FN3O. The Morgan fingerprint density at radius 1 is 1.12 bits per heavy atom. The van der Waals surface area contributed by atoms with Crippen LogP contribution in [0.2, 0.25) is 0 Å². The van der Waals surface area contributed by atoms with Crippen molar-refractivity contribution in [2.45, 2.75) is 19.9 Å². The molecule has 0 heterocycles. The molecule has 5 heteroatoms. The van der Waals surface area contributed by atoms with Crippen molar-refractivity contribution in [3.05, 3.63) is 65.5 Å². The Labute approximate surface area is 142 Å². The van der Waals surface area contributed by atoms with Crippen LogP contribution in [-0.4, -0.2) is 26.2 Å². The molecule has 0 aliphatic rings. The first-order chi connectivity index (χ1) is 11.7. The highest BCUT2D eigenvalue weighted by Crippen LogP contribution is 2.13. The number of guanidine groups is 1. The lowest BCUT2D eigenvalue weighted by atomic mass is 10.1. The summed E-state index contributed by atoms with van der Waals surface area (Å²) in [4.78, 5) is 4.18. The maximum absolute atomic E-state index is 13.6. The van der Waals surface area contributed by atoms with E-state index in [0.717, 1.165) is 11.3 Å². The lowest BCUT2D eigenvalue weighted by Crippen LogP contribution is -2.37. The maximum Gasteiger partial charge on any atom is 0.191 e. The summed E-state index contributed by atoms with van der Waals surface area (Å²) in [6.45, 7) is 3.86. The number of ether oxygens (including phenoxy) is 1. The number of halogens is 1. The zero-order chi connectivity index (χ0) is 17.2. The summed E-state index contributed by atoms with van der Waals surface area (Å²) < 4.78 is 19.1. The van der Waals surface area contributed by atoms with Crippen LogP contribution in [0.4, 0.5) is 4.39 Å². The third-order valence-electron chi connectivity index (χ3n) is 3.54. The van der Waals surface area contributed by atoms with Crippen molar-refractivity contribution in [2.75, 3.05) is 20.2 Å². The van der Waals surface area contributed by atoms with Gasteiger partial charge in [-0.25, -0.2) is 4.39 Å². The van der Waals surface area contributed by atoms with Gasteiger partial charge in [0.15, 0.2) is 5.96 Å². The highest BCUT2D eigenvalue weighted by molar-refractivity contribution is 5.79. The Kier molecular flexibility index (Phi) is 7.08. The second-order valence-corrected chi connectivity index (χ2v) is 5.27. The van der Waals surface area contributed by atoms with E-state index in [1.807, 2.05) is 37.3 Å². The standard InChI is InChI=1S/C19H24FN3O/c1-3-24-17-9-6-7-15(13-17)14-23-19(21-2)22-12-11-16-8-4-5-10-18(16)20/h4-10,13H,3,11-12,14H2,1-2H3,(H2,21,22,23). The summed E-state index contributed by atoms with van der Waals surface area (Å²) in [5.74, 6) is 1.38. The van der Waals surface area contributed by atoms with E-state index in [4.69, 9.17) is 4.74 Å². The predicted octanol–water partition coefficient (Wildman–Crippen LogP) is 3.13. The molecule has 2 aromatic rings. The van der Waals surface area contributed by atoms with Crippen molar-refractivity contribution in [1.82, 2.24) is 10.6 Å². The zero-order valence-corrected chi connectivity index (χ0v) is 14.2. The molecule has 0 spiro atoms. The molecule has 0 saturated heterocycles. The summed E-state index contributed by atoms with van der Waals surface area (Å²) in [6, 6.07) is 14.8. The molecule has 2 aromatic carbocycles. The quantitative estimate of drug-likeness (QED) is 0.606. The van der Waals surface area contributed by atoms with Crippen molar-refractivity contribution in [2.24, 2.45) is 4.99 Å². The minimum absolute atomic E-state index is 0.171. The van der Waals surface area contributed by atoms with Crippen molar-refractivity contribution in [3.8, 4) is 5.75 Å². The average molecular weight is 329 g/mol. The van der Waals surface area contributed by atoms with E-state index < -0.39 is 0 Å². The second kappa shape index (κ2) is 9.55. The summed E-state index contributed by atoms with van der Waals surface area (Å²) in [5, 5.41) is 6.44. The van der Waals surface area contributed by atoms with Gasteiger partial charge in [0.2, 0.25) is 0 Å². The van der Waals surface area contributed by atoms with Gasteiger partial charge in [0, 0.05) is 20.1 Å². The van der Waals surface area contributed by atoms with Gasteiger partial charge in [-0.1, -0.05) is 30.3 Å². The Bertz CT molecular complexity index is 673. The normalized spacial score (nSPS) is 11.2. The van der Waals surface area contributed by atoms with Crippen LogP contribution in [0, 0.1) is 5.82 Å². The molecule has 0 aliphatic carbocycles. The average Bonchev–Trinajstić information content (AvgIpc) is 2.60. The first kappa shape index (κ1) is 17.8. The van der Waals surface area contributed by atoms with Crippen LogP contribution < -0.4 is 15.4 Å². The number of hydrogen-bond donors (Lipinski definition) is 2. The Morgan fingerprint density at radius 2 is 1.96 bits per heavy atom. The molecule has 0 unspecified atom stereocenters. The van der Waals surface area contributed by atoms with Crippen molar-refractivity contribution < 1.29 is 9.13 Å². The van der Waals surface area contributed by atoms with Gasteiger partial charge >= 0.3 is 0 Å². The van der Waals surface area contributed by atoms with E-state index in [-0.39, 0.29) is 5.82 Å². The first-order valence-corrected chi connectivity index (χ1v) is 8.12. The Morgan fingerprint density at radius 3 is 2.71 bits per heavy atom. The number of nitrogens with zero attached hydrogens (tertiary/aromatic N) is 1. The fraction of sp³-hybridized carbons (Fsp3) is 0.316. The molecule has 0 amide bonds. The van der Waals surface area contributed by atoms with Gasteiger partial charge in [-0.3, -0.25) is 4.99 Å². The molecule has 0 saturated carbocycles. The van der Waals surface area contributed by atoms with Gasteiger partial charge in [0.1, 0.15) is 11.6 Å². The predicted molar refractivity (Wildman–Crippen MR) is 95.9 cm³/mol. The monoisotopic (exact) mass is 329 g/mol. The molecule has 2 N–H and O–H groups in total. The van der Waals surface area contributed by atoms with Crippen LogP contribution in [0.3, 0.4) is 0 Å². The fourth-order valence-electron chi connectivity index (χ4n) is 2.34. The van der Waals surface area contributed by atoms with Crippen LogP contribution >= 0.6 is 0 Å². The molecule has 0 atom stereocenters. The smallest absolute Gasteiger partial charge is 0.191 e. The van der Waals surface area contributed by atoms with Gasteiger partial charge < -0.3 is 15.4 Å². The topological polar surface area (TPSA) is 45.6 Å². The van der Waals surface area contributed by atoms with E-state index in [0.29, 0.717) is 37.6 Å². The highest BCUT2D eigenvalue weighted by Gasteiger charge is 2.02. The van der Waals surface area contributed by atoms with Gasteiger partial charge in [-0.15, -0.1) is 0 Å². The van der Waals surface area contributed by atoms with E-state index in [1.54, 1.807) is 19.2 Å². The van der Waals surface area contributed by atoms with E-state index in [1.165, 1.54) is 6.07 Å². The fourth-order valence-corrected chi connectivity index (χ4v) is 2.34. The first-order valence-electron chi connectivity index (χ1n) is 8.12. The van der Waals surface area contributed by atoms with Crippen LogP contribution in [0.1, 0.15) is 18.1 Å². The van der Waals surface area contributed by atoms with Gasteiger partial charge in [0.25, 0.3) is 0 Å². The van der Waals surface area contributed by atoms with Crippen molar-refractivity contribution in [1.29, 1.82) is 0 Å². The molecular weight excluding hydrogens is 305 g/mol. The van der Waals surface area contributed by atoms with E-state index in [9.17, 15) is 4.39 Å². The maximum atomic E-state index is 13.6. The number of rotatable bonds is 7. The van der Waals surface area contributed by atoms with Gasteiger partial charge in [-0.05, 0) is 42.7 Å². The van der Waals surface area contributed by atoms with Crippen LogP contribution in [0.15, 0.2) is 53.5 Å². The van der Waals surface area contributed by atoms with Gasteiger partial charge in [0.05, 0.1) is 6.61 Å². The summed E-state index contributed by atoms with van der Waals surface area (Å²) in [7, 11) is 1.72. The van der Waals surface area contributed by atoms with Crippen LogP contribution in [0.25, 0.3) is 0 Å². The van der Waals surface area contributed by atoms with Crippen molar-refractivity contribution in [3.63, 3.8) is 0 Å². The third kappa shape index (κ3) is 5.57. The number of aliphatic imine (C=N–C) groups is 1. The van der Waals surface area contributed by atoms with Crippen LogP contribution in [-0.2, 0) is 13.0 Å². The molecule has 2 rings (SSSR count). The summed E-state index contributed by atoms with van der Waals surface area (Å²) in [6.07, 6.45) is 0.604. The molecule has 0 aromatic heterocycles. The summed E-state index contributed by atoms with van der Waals surface area (Å²) in [5.41, 5.74) is 1.81. The second-order valence-electron chi connectivity index (χ2n) is 5.27.